The lowest BCUT2D eigenvalue weighted by molar-refractivity contribution is -0.136. The summed E-state index contributed by atoms with van der Waals surface area (Å²) in [7, 11) is 0. The number of nitrogens with one attached hydrogen (secondary N) is 3. The molecule has 160 valence electrons. The van der Waals surface area contributed by atoms with E-state index in [1.165, 1.54) is 0 Å². The summed E-state index contributed by atoms with van der Waals surface area (Å²) in [6, 6.07) is -0.695. The summed E-state index contributed by atoms with van der Waals surface area (Å²) in [5.41, 5.74) is 9.64. The molecule has 1 aliphatic rings. The third-order valence-corrected chi connectivity index (χ3v) is 5.22. The van der Waals surface area contributed by atoms with Crippen molar-refractivity contribution in [2.24, 2.45) is 16.5 Å². The highest BCUT2D eigenvalue weighted by atomic mass is 16.2. The average molecular weight is 397 g/mol. The van der Waals surface area contributed by atoms with Crippen LogP contribution in [-0.4, -0.2) is 48.4 Å². The van der Waals surface area contributed by atoms with E-state index in [0.29, 0.717) is 45.2 Å². The first-order valence-electron chi connectivity index (χ1n) is 10.3. The molecule has 1 fully saturated rings. The lowest BCUT2D eigenvalue weighted by Crippen LogP contribution is -2.61. The first-order valence-corrected chi connectivity index (χ1v) is 10.3. The second-order valence-corrected chi connectivity index (χ2v) is 7.27. The molecule has 0 saturated carbocycles. The largest absolute Gasteiger partial charge is 0.370 e. The van der Waals surface area contributed by atoms with Crippen molar-refractivity contribution in [3.63, 3.8) is 0 Å². The van der Waals surface area contributed by atoms with E-state index in [1.54, 1.807) is 0 Å². The molecule has 1 rings (SSSR count). The van der Waals surface area contributed by atoms with E-state index < -0.39 is 11.6 Å². The zero-order valence-electron chi connectivity index (χ0n) is 17.2. The van der Waals surface area contributed by atoms with Gasteiger partial charge in [0.2, 0.25) is 17.7 Å². The minimum absolute atomic E-state index is 0.00168. The van der Waals surface area contributed by atoms with Gasteiger partial charge in [-0.2, -0.15) is 0 Å². The summed E-state index contributed by atoms with van der Waals surface area (Å²) < 4.78 is 0. The van der Waals surface area contributed by atoms with Gasteiger partial charge in [-0.25, -0.2) is 0 Å². The van der Waals surface area contributed by atoms with Gasteiger partial charge < -0.3 is 27.4 Å². The third-order valence-electron chi connectivity index (χ3n) is 5.22. The Morgan fingerprint density at radius 1 is 1.11 bits per heavy atom. The van der Waals surface area contributed by atoms with Crippen LogP contribution in [0.1, 0.15) is 71.6 Å². The fourth-order valence-corrected chi connectivity index (χ4v) is 3.30. The van der Waals surface area contributed by atoms with Gasteiger partial charge in [-0.15, -0.1) is 0 Å². The molecule has 1 aliphatic heterocycles. The van der Waals surface area contributed by atoms with Crippen LogP contribution in [0.15, 0.2) is 4.99 Å². The minimum Gasteiger partial charge on any atom is -0.370 e. The quantitative estimate of drug-likeness (QED) is 0.248. The number of aliphatic imine (C=N–C) groups is 1. The summed E-state index contributed by atoms with van der Waals surface area (Å²) in [5.74, 6) is -0.671. The van der Waals surface area contributed by atoms with Crippen LogP contribution >= 0.6 is 0 Å². The lowest BCUT2D eigenvalue weighted by Gasteiger charge is -2.33. The Hall–Kier alpha value is -2.32. The molecule has 0 aromatic heterocycles. The molecule has 28 heavy (non-hydrogen) atoms. The van der Waals surface area contributed by atoms with Crippen LogP contribution in [0, 0.1) is 0 Å². The van der Waals surface area contributed by atoms with Gasteiger partial charge in [-0.1, -0.05) is 26.7 Å². The van der Waals surface area contributed by atoms with Crippen molar-refractivity contribution in [3.05, 3.63) is 0 Å². The van der Waals surface area contributed by atoms with Crippen LogP contribution < -0.4 is 27.4 Å². The van der Waals surface area contributed by atoms with Gasteiger partial charge in [0.25, 0.3) is 0 Å². The molecule has 0 aliphatic carbocycles. The summed E-state index contributed by atoms with van der Waals surface area (Å²) >= 11 is 0. The lowest BCUT2D eigenvalue weighted by atomic mass is 9.90. The number of carbonyl (C=O) groups excluding carboxylic acids is 3. The maximum Gasteiger partial charge on any atom is 0.246 e. The highest BCUT2D eigenvalue weighted by Crippen LogP contribution is 2.18. The smallest absolute Gasteiger partial charge is 0.246 e. The van der Waals surface area contributed by atoms with Gasteiger partial charge in [0, 0.05) is 19.5 Å². The van der Waals surface area contributed by atoms with Crippen molar-refractivity contribution in [2.45, 2.75) is 83.2 Å². The van der Waals surface area contributed by atoms with Crippen LogP contribution in [0.5, 0.6) is 0 Å². The second-order valence-electron chi connectivity index (χ2n) is 7.27. The van der Waals surface area contributed by atoms with E-state index in [4.69, 9.17) is 11.5 Å². The van der Waals surface area contributed by atoms with Crippen molar-refractivity contribution in [1.29, 1.82) is 0 Å². The molecule has 0 aromatic rings. The molecular weight excluding hydrogens is 360 g/mol. The molecule has 0 radical (unpaired) electrons. The Morgan fingerprint density at radius 3 is 2.43 bits per heavy atom. The Labute approximate surface area is 167 Å². The van der Waals surface area contributed by atoms with Crippen molar-refractivity contribution in [3.8, 4) is 0 Å². The average Bonchev–Trinajstić information content (AvgIpc) is 2.66. The Morgan fingerprint density at radius 2 is 1.79 bits per heavy atom. The molecule has 3 amide bonds. The van der Waals surface area contributed by atoms with Gasteiger partial charge in [-0.3, -0.25) is 19.4 Å². The van der Waals surface area contributed by atoms with E-state index >= 15 is 0 Å². The number of hydrogen-bond donors (Lipinski definition) is 5. The highest BCUT2D eigenvalue weighted by molar-refractivity contribution is 5.94. The third kappa shape index (κ3) is 7.74. The Balaban J connectivity index is 2.95. The van der Waals surface area contributed by atoms with E-state index in [-0.39, 0.29) is 23.7 Å². The molecular formula is C19H36N6O3. The maximum atomic E-state index is 13.0. The molecule has 1 heterocycles. The number of hydrogen-bond acceptors (Lipinski definition) is 4. The van der Waals surface area contributed by atoms with Crippen LogP contribution in [0.2, 0.25) is 0 Å². The summed E-state index contributed by atoms with van der Waals surface area (Å²) in [6.07, 6.45) is 5.74. The first kappa shape index (κ1) is 23.7. The molecule has 0 spiro atoms. The number of nitrogens with zero attached hydrogens (tertiary/aromatic N) is 1. The molecule has 1 atom stereocenters. The molecule has 0 unspecified atom stereocenters. The summed E-state index contributed by atoms with van der Waals surface area (Å²) in [5, 5.41) is 8.66. The topological polar surface area (TPSA) is 152 Å². The zero-order valence-corrected chi connectivity index (χ0v) is 17.2. The fraction of sp³-hybridized carbons (Fsp3) is 0.789. The number of amides is 3. The number of nitrogens with two attached hydrogens (primary N) is 2. The van der Waals surface area contributed by atoms with Crippen molar-refractivity contribution in [1.82, 2.24) is 16.0 Å². The van der Waals surface area contributed by atoms with E-state index in [2.05, 4.69) is 20.9 Å². The maximum absolute atomic E-state index is 13.0. The van der Waals surface area contributed by atoms with Crippen LogP contribution in [0.25, 0.3) is 0 Å². The van der Waals surface area contributed by atoms with Gasteiger partial charge in [0.15, 0.2) is 5.96 Å². The molecule has 7 N–H and O–H groups in total. The van der Waals surface area contributed by atoms with E-state index in [0.717, 1.165) is 25.7 Å². The Bertz CT molecular complexity index is 556. The molecule has 0 bridgehead atoms. The molecule has 9 nitrogen and oxygen atoms in total. The number of carbonyl (C=O) groups is 3. The zero-order chi connectivity index (χ0) is 21.0. The predicted octanol–water partition coefficient (Wildman–Crippen LogP) is 0.280. The highest BCUT2D eigenvalue weighted by Gasteiger charge is 2.38. The van der Waals surface area contributed by atoms with Crippen LogP contribution in [0.4, 0.5) is 0 Å². The van der Waals surface area contributed by atoms with Crippen LogP contribution in [0.3, 0.4) is 0 Å². The SMILES string of the molecule is CCC1(CC)NC(=O)CCCCCCNC(=O)[C@H](CCCN=C(N)N)NC1=O. The molecule has 1 saturated heterocycles. The second kappa shape index (κ2) is 12.2. The fourth-order valence-electron chi connectivity index (χ4n) is 3.30. The summed E-state index contributed by atoms with van der Waals surface area (Å²) in [6.45, 7) is 4.66. The number of guanidine groups is 1. The first-order chi connectivity index (χ1) is 13.3. The van der Waals surface area contributed by atoms with Crippen molar-refractivity contribution < 1.29 is 14.4 Å². The van der Waals surface area contributed by atoms with Crippen LogP contribution in [-0.2, 0) is 14.4 Å². The van der Waals surface area contributed by atoms with Crippen molar-refractivity contribution >= 4 is 23.7 Å². The van der Waals surface area contributed by atoms with Gasteiger partial charge in [0.1, 0.15) is 11.6 Å². The standard InChI is InChI=1S/C19H36N6O3/c1-3-19(4-2)17(28)24-14(10-9-13-23-18(20)21)16(27)22-12-8-6-5-7-11-15(26)25-19/h14H,3-13H2,1-2H3,(H,22,27)(H,24,28)(H,25,26)(H4,20,21,23)/t14-/m0/s1. The predicted molar refractivity (Wildman–Crippen MR) is 109 cm³/mol. The monoisotopic (exact) mass is 396 g/mol. The minimum atomic E-state index is -1.01. The molecule has 0 aromatic carbocycles. The van der Waals surface area contributed by atoms with Gasteiger partial charge >= 0.3 is 0 Å². The molecule has 9 heteroatoms. The van der Waals surface area contributed by atoms with Gasteiger partial charge in [0.05, 0.1) is 0 Å². The van der Waals surface area contributed by atoms with E-state index in [9.17, 15) is 14.4 Å². The Kier molecular flexibility index (Phi) is 10.3. The number of rotatable bonds is 6. The van der Waals surface area contributed by atoms with Crippen molar-refractivity contribution in [2.75, 3.05) is 13.1 Å². The normalized spacial score (nSPS) is 21.6. The van der Waals surface area contributed by atoms with Gasteiger partial charge in [-0.05, 0) is 38.5 Å². The summed E-state index contributed by atoms with van der Waals surface area (Å²) in [4.78, 5) is 41.9. The van der Waals surface area contributed by atoms with E-state index in [1.807, 2.05) is 13.8 Å².